The van der Waals surface area contributed by atoms with Crippen LogP contribution < -0.4 is 4.90 Å². The summed E-state index contributed by atoms with van der Waals surface area (Å²) in [4.78, 5) is 14.0. The molecule has 26 heavy (non-hydrogen) atoms. The number of aromatic nitrogens is 3. The molecule has 0 saturated carbocycles. The van der Waals surface area contributed by atoms with Crippen molar-refractivity contribution in [2.75, 3.05) is 31.1 Å². The van der Waals surface area contributed by atoms with E-state index in [1.54, 1.807) is 0 Å². The van der Waals surface area contributed by atoms with Gasteiger partial charge < -0.3 is 9.42 Å². The average Bonchev–Trinajstić information content (AvgIpc) is 3.07. The SMILES string of the molecule is CCCc1cc(N2CCN(Cc3nc(C)no3)CC2)c2ccccc2n1. The average molecular weight is 351 g/mol. The fraction of sp³-hybridized carbons (Fsp3) is 0.450. The first kappa shape index (κ1) is 17.0. The lowest BCUT2D eigenvalue weighted by atomic mass is 10.1. The third-order valence-electron chi connectivity index (χ3n) is 4.90. The lowest BCUT2D eigenvalue weighted by Crippen LogP contribution is -2.46. The van der Waals surface area contributed by atoms with Gasteiger partial charge in [-0.05, 0) is 25.5 Å². The summed E-state index contributed by atoms with van der Waals surface area (Å²) >= 11 is 0. The fourth-order valence-corrected chi connectivity index (χ4v) is 3.60. The lowest BCUT2D eigenvalue weighted by molar-refractivity contribution is 0.215. The van der Waals surface area contributed by atoms with Crippen molar-refractivity contribution in [1.82, 2.24) is 20.0 Å². The zero-order valence-corrected chi connectivity index (χ0v) is 15.5. The molecule has 1 aliphatic rings. The van der Waals surface area contributed by atoms with Gasteiger partial charge in [0.2, 0.25) is 5.89 Å². The van der Waals surface area contributed by atoms with Gasteiger partial charge >= 0.3 is 0 Å². The number of hydrogen-bond donors (Lipinski definition) is 0. The molecule has 3 heterocycles. The van der Waals surface area contributed by atoms with Gasteiger partial charge in [0.15, 0.2) is 5.82 Å². The van der Waals surface area contributed by atoms with Crippen LogP contribution in [0.2, 0.25) is 0 Å². The van der Waals surface area contributed by atoms with Crippen LogP contribution in [0.1, 0.15) is 30.8 Å². The first-order valence-electron chi connectivity index (χ1n) is 9.38. The number of hydrogen-bond acceptors (Lipinski definition) is 6. The Bertz CT molecular complexity index is 883. The molecule has 136 valence electrons. The van der Waals surface area contributed by atoms with E-state index >= 15 is 0 Å². The van der Waals surface area contributed by atoms with Gasteiger partial charge in [0.1, 0.15) is 0 Å². The van der Waals surface area contributed by atoms with Gasteiger partial charge in [-0.2, -0.15) is 4.98 Å². The quantitative estimate of drug-likeness (QED) is 0.703. The first-order chi connectivity index (χ1) is 12.7. The van der Waals surface area contributed by atoms with E-state index in [1.165, 1.54) is 16.8 Å². The van der Waals surface area contributed by atoms with Gasteiger partial charge in [0.25, 0.3) is 0 Å². The summed E-state index contributed by atoms with van der Waals surface area (Å²) in [5.74, 6) is 1.40. The Hall–Kier alpha value is -2.47. The standard InChI is InChI=1S/C20H25N5O/c1-3-6-16-13-19(17-7-4-5-8-18(17)22-16)25-11-9-24(10-12-25)14-20-21-15(2)23-26-20/h4-5,7-8,13H,3,6,9-12,14H2,1-2H3. The van der Waals surface area contributed by atoms with E-state index in [2.05, 4.69) is 57.2 Å². The molecule has 6 heteroatoms. The second-order valence-corrected chi connectivity index (χ2v) is 6.90. The van der Waals surface area contributed by atoms with E-state index in [9.17, 15) is 0 Å². The molecule has 0 N–H and O–H groups in total. The van der Waals surface area contributed by atoms with Crippen molar-refractivity contribution in [2.45, 2.75) is 33.2 Å². The minimum atomic E-state index is 0.699. The zero-order chi connectivity index (χ0) is 17.9. The van der Waals surface area contributed by atoms with Crippen molar-refractivity contribution in [1.29, 1.82) is 0 Å². The number of aryl methyl sites for hydroxylation is 2. The van der Waals surface area contributed by atoms with Crippen LogP contribution in [-0.4, -0.2) is 46.2 Å². The summed E-state index contributed by atoms with van der Waals surface area (Å²) in [7, 11) is 0. The molecule has 0 atom stereocenters. The van der Waals surface area contributed by atoms with Crippen LogP contribution in [-0.2, 0) is 13.0 Å². The van der Waals surface area contributed by atoms with Crippen molar-refractivity contribution in [3.63, 3.8) is 0 Å². The molecule has 1 aromatic carbocycles. The topological polar surface area (TPSA) is 58.3 Å². The molecule has 0 amide bonds. The van der Waals surface area contributed by atoms with Crippen molar-refractivity contribution in [3.8, 4) is 0 Å². The highest BCUT2D eigenvalue weighted by Crippen LogP contribution is 2.28. The smallest absolute Gasteiger partial charge is 0.240 e. The Morgan fingerprint density at radius 3 is 2.62 bits per heavy atom. The molecule has 2 aromatic heterocycles. The number of rotatable bonds is 5. The Morgan fingerprint density at radius 1 is 1.08 bits per heavy atom. The Labute approximate surface area is 153 Å². The van der Waals surface area contributed by atoms with Crippen LogP contribution in [0.5, 0.6) is 0 Å². The summed E-state index contributed by atoms with van der Waals surface area (Å²) in [6.07, 6.45) is 2.14. The molecule has 1 saturated heterocycles. The molecule has 4 rings (SSSR count). The molecule has 0 bridgehead atoms. The number of piperazine rings is 1. The van der Waals surface area contributed by atoms with Crippen molar-refractivity contribution in [3.05, 3.63) is 47.7 Å². The van der Waals surface area contributed by atoms with E-state index in [4.69, 9.17) is 9.51 Å². The molecule has 0 spiro atoms. The summed E-state index contributed by atoms with van der Waals surface area (Å²) in [6.45, 7) is 8.75. The molecular weight excluding hydrogens is 326 g/mol. The summed E-state index contributed by atoms with van der Waals surface area (Å²) < 4.78 is 5.25. The lowest BCUT2D eigenvalue weighted by Gasteiger charge is -2.36. The predicted molar refractivity (Wildman–Crippen MR) is 102 cm³/mol. The van der Waals surface area contributed by atoms with Crippen LogP contribution in [0.15, 0.2) is 34.9 Å². The molecule has 6 nitrogen and oxygen atoms in total. The molecule has 0 unspecified atom stereocenters. The molecule has 1 fully saturated rings. The van der Waals surface area contributed by atoms with Crippen LogP contribution in [0.4, 0.5) is 5.69 Å². The van der Waals surface area contributed by atoms with Crippen molar-refractivity contribution >= 4 is 16.6 Å². The third kappa shape index (κ3) is 3.55. The maximum absolute atomic E-state index is 5.25. The number of anilines is 1. The van der Waals surface area contributed by atoms with Crippen molar-refractivity contribution < 1.29 is 4.52 Å². The van der Waals surface area contributed by atoms with Gasteiger partial charge in [-0.3, -0.25) is 9.88 Å². The van der Waals surface area contributed by atoms with Crippen LogP contribution in [0.3, 0.4) is 0 Å². The van der Waals surface area contributed by atoms with Gasteiger partial charge in [0, 0.05) is 42.9 Å². The van der Waals surface area contributed by atoms with Gasteiger partial charge in [-0.15, -0.1) is 0 Å². The monoisotopic (exact) mass is 351 g/mol. The first-order valence-corrected chi connectivity index (χ1v) is 9.38. The predicted octanol–water partition coefficient (Wildman–Crippen LogP) is 3.20. The number of para-hydroxylation sites is 1. The fourth-order valence-electron chi connectivity index (χ4n) is 3.60. The molecule has 3 aromatic rings. The number of benzene rings is 1. The van der Waals surface area contributed by atoms with E-state index in [-0.39, 0.29) is 0 Å². The number of pyridine rings is 1. The zero-order valence-electron chi connectivity index (χ0n) is 15.5. The summed E-state index contributed by atoms with van der Waals surface area (Å²) in [6, 6.07) is 10.7. The largest absolute Gasteiger partial charge is 0.368 e. The molecule has 0 aliphatic carbocycles. The minimum Gasteiger partial charge on any atom is -0.368 e. The van der Waals surface area contributed by atoms with Crippen molar-refractivity contribution in [2.24, 2.45) is 0 Å². The van der Waals surface area contributed by atoms with Crippen LogP contribution >= 0.6 is 0 Å². The molecular formula is C20H25N5O. The van der Waals surface area contributed by atoms with Crippen LogP contribution in [0.25, 0.3) is 10.9 Å². The van der Waals surface area contributed by atoms with Gasteiger partial charge in [-0.25, -0.2) is 0 Å². The normalized spacial score (nSPS) is 15.7. The highest BCUT2D eigenvalue weighted by Gasteiger charge is 2.21. The maximum Gasteiger partial charge on any atom is 0.240 e. The molecule has 0 radical (unpaired) electrons. The van der Waals surface area contributed by atoms with Crippen LogP contribution in [0, 0.1) is 6.92 Å². The Kier molecular flexibility index (Phi) is 4.84. The molecule has 1 aliphatic heterocycles. The van der Waals surface area contributed by atoms with E-state index in [0.29, 0.717) is 11.7 Å². The minimum absolute atomic E-state index is 0.699. The summed E-state index contributed by atoms with van der Waals surface area (Å²) in [5.41, 5.74) is 3.59. The highest BCUT2D eigenvalue weighted by molar-refractivity contribution is 5.92. The van der Waals surface area contributed by atoms with E-state index in [0.717, 1.165) is 51.1 Å². The van der Waals surface area contributed by atoms with E-state index < -0.39 is 0 Å². The Balaban J connectivity index is 1.51. The highest BCUT2D eigenvalue weighted by atomic mass is 16.5. The number of nitrogens with zero attached hydrogens (tertiary/aromatic N) is 5. The number of fused-ring (bicyclic) bond motifs is 1. The summed E-state index contributed by atoms with van der Waals surface area (Å²) in [5, 5.41) is 5.12. The second-order valence-electron chi connectivity index (χ2n) is 6.90. The second kappa shape index (κ2) is 7.41. The maximum atomic E-state index is 5.25. The van der Waals surface area contributed by atoms with Gasteiger partial charge in [0.05, 0.1) is 12.1 Å². The third-order valence-corrected chi connectivity index (χ3v) is 4.90. The van der Waals surface area contributed by atoms with Gasteiger partial charge in [-0.1, -0.05) is 36.7 Å². The Morgan fingerprint density at radius 2 is 1.88 bits per heavy atom. The van der Waals surface area contributed by atoms with E-state index in [1.807, 2.05) is 6.92 Å².